The van der Waals surface area contributed by atoms with E-state index in [-0.39, 0.29) is 11.9 Å². The first-order valence-corrected chi connectivity index (χ1v) is 6.04. The van der Waals surface area contributed by atoms with E-state index in [1.54, 1.807) is 4.90 Å². The zero-order valence-corrected chi connectivity index (χ0v) is 10.5. The fraction of sp³-hybridized carbons (Fsp3) is 0.462. The Labute approximate surface area is 109 Å². The summed E-state index contributed by atoms with van der Waals surface area (Å²) in [5.41, 5.74) is 0.0461. The standard InChI is InChI=1S/C13H15F3N2O/c1-9(19)18-7-6-17-8-12(18)10-2-4-11(5-3-10)13(14,15)16/h2-5,12,17H,6-8H2,1H3/t12-/m1/s1. The van der Waals surface area contributed by atoms with E-state index < -0.39 is 11.7 Å². The molecule has 1 aliphatic rings. The third-order valence-electron chi connectivity index (χ3n) is 3.27. The van der Waals surface area contributed by atoms with Crippen molar-refractivity contribution in [3.8, 4) is 0 Å². The van der Waals surface area contributed by atoms with Crippen molar-refractivity contribution in [3.05, 3.63) is 35.4 Å². The van der Waals surface area contributed by atoms with Crippen molar-refractivity contribution in [3.63, 3.8) is 0 Å². The molecule has 1 N–H and O–H groups in total. The maximum Gasteiger partial charge on any atom is 0.416 e. The van der Waals surface area contributed by atoms with Gasteiger partial charge in [-0.2, -0.15) is 13.2 Å². The average Bonchev–Trinajstić information content (AvgIpc) is 2.38. The predicted octanol–water partition coefficient (Wildman–Crippen LogP) is 2.20. The van der Waals surface area contributed by atoms with Crippen LogP contribution < -0.4 is 5.32 Å². The molecule has 0 radical (unpaired) electrons. The largest absolute Gasteiger partial charge is 0.416 e. The molecule has 1 atom stereocenters. The third-order valence-corrected chi connectivity index (χ3v) is 3.27. The van der Waals surface area contributed by atoms with E-state index in [4.69, 9.17) is 0 Å². The number of piperazine rings is 1. The zero-order valence-electron chi connectivity index (χ0n) is 10.5. The van der Waals surface area contributed by atoms with Crippen molar-refractivity contribution < 1.29 is 18.0 Å². The first-order chi connectivity index (χ1) is 8.89. The molecule has 1 aromatic rings. The summed E-state index contributed by atoms with van der Waals surface area (Å²) in [5.74, 6) is -0.0635. The number of hydrogen-bond donors (Lipinski definition) is 1. The molecular weight excluding hydrogens is 257 g/mol. The van der Waals surface area contributed by atoms with Gasteiger partial charge >= 0.3 is 6.18 Å². The lowest BCUT2D eigenvalue weighted by molar-refractivity contribution is -0.137. The van der Waals surface area contributed by atoms with Gasteiger partial charge in [0.1, 0.15) is 0 Å². The minimum absolute atomic E-state index is 0.0635. The van der Waals surface area contributed by atoms with Crippen LogP contribution in [0.4, 0.5) is 13.2 Å². The normalized spacial score (nSPS) is 20.4. The number of carbonyl (C=O) groups excluding carboxylic acids is 1. The highest BCUT2D eigenvalue weighted by atomic mass is 19.4. The number of halogens is 3. The molecule has 6 heteroatoms. The SMILES string of the molecule is CC(=O)N1CCNC[C@@H]1c1ccc(C(F)(F)F)cc1. The summed E-state index contributed by atoms with van der Waals surface area (Å²) in [4.78, 5) is 13.2. The van der Waals surface area contributed by atoms with Crippen LogP contribution in [0, 0.1) is 0 Å². The van der Waals surface area contributed by atoms with E-state index in [9.17, 15) is 18.0 Å². The molecule has 0 unspecified atom stereocenters. The number of nitrogens with zero attached hydrogens (tertiary/aromatic N) is 1. The molecular formula is C13H15F3N2O. The number of hydrogen-bond acceptors (Lipinski definition) is 2. The second kappa shape index (κ2) is 5.21. The Balaban J connectivity index is 2.23. The van der Waals surface area contributed by atoms with Gasteiger partial charge in [0.25, 0.3) is 0 Å². The van der Waals surface area contributed by atoms with E-state index >= 15 is 0 Å². The fourth-order valence-corrected chi connectivity index (χ4v) is 2.27. The van der Waals surface area contributed by atoms with Crippen LogP contribution in [-0.4, -0.2) is 30.4 Å². The first kappa shape index (κ1) is 13.9. The molecule has 0 spiro atoms. The molecule has 1 heterocycles. The fourth-order valence-electron chi connectivity index (χ4n) is 2.27. The Kier molecular flexibility index (Phi) is 3.80. The highest BCUT2D eigenvalue weighted by molar-refractivity contribution is 5.74. The first-order valence-electron chi connectivity index (χ1n) is 6.04. The summed E-state index contributed by atoms with van der Waals surface area (Å²) in [6, 6.07) is 4.80. The van der Waals surface area contributed by atoms with E-state index in [0.717, 1.165) is 17.7 Å². The third kappa shape index (κ3) is 3.07. The topological polar surface area (TPSA) is 32.3 Å². The van der Waals surface area contributed by atoms with Gasteiger partial charge < -0.3 is 10.2 Å². The van der Waals surface area contributed by atoms with Gasteiger partial charge in [0.2, 0.25) is 5.91 Å². The van der Waals surface area contributed by atoms with Gasteiger partial charge in [-0.1, -0.05) is 12.1 Å². The van der Waals surface area contributed by atoms with Crippen LogP contribution in [0.3, 0.4) is 0 Å². The highest BCUT2D eigenvalue weighted by Crippen LogP contribution is 2.31. The van der Waals surface area contributed by atoms with Gasteiger partial charge in [0.05, 0.1) is 11.6 Å². The average molecular weight is 272 g/mol. The maximum absolute atomic E-state index is 12.5. The summed E-state index contributed by atoms with van der Waals surface area (Å²) in [6.07, 6.45) is -4.33. The van der Waals surface area contributed by atoms with Crippen LogP contribution in [0.1, 0.15) is 24.1 Å². The minimum atomic E-state index is -4.33. The lowest BCUT2D eigenvalue weighted by Crippen LogP contribution is -2.47. The summed E-state index contributed by atoms with van der Waals surface area (Å²) < 4.78 is 37.5. The van der Waals surface area contributed by atoms with Crippen LogP contribution in [0.5, 0.6) is 0 Å². The van der Waals surface area contributed by atoms with Crippen molar-refractivity contribution in [2.45, 2.75) is 19.1 Å². The monoisotopic (exact) mass is 272 g/mol. The Morgan fingerprint density at radius 3 is 2.47 bits per heavy atom. The molecule has 3 nitrogen and oxygen atoms in total. The Morgan fingerprint density at radius 1 is 1.32 bits per heavy atom. The van der Waals surface area contributed by atoms with Crippen LogP contribution >= 0.6 is 0 Å². The van der Waals surface area contributed by atoms with Crippen LogP contribution in [0.15, 0.2) is 24.3 Å². The summed E-state index contributed by atoms with van der Waals surface area (Å²) >= 11 is 0. The van der Waals surface area contributed by atoms with Gasteiger partial charge in [-0.25, -0.2) is 0 Å². The smallest absolute Gasteiger partial charge is 0.333 e. The van der Waals surface area contributed by atoms with Gasteiger partial charge in [-0.3, -0.25) is 4.79 Å². The molecule has 1 aliphatic heterocycles. The molecule has 19 heavy (non-hydrogen) atoms. The number of rotatable bonds is 1. The van der Waals surface area contributed by atoms with Crippen LogP contribution in [-0.2, 0) is 11.0 Å². The molecule has 0 aliphatic carbocycles. The minimum Gasteiger partial charge on any atom is -0.333 e. The number of alkyl halides is 3. The van der Waals surface area contributed by atoms with E-state index in [0.29, 0.717) is 19.6 Å². The summed E-state index contributed by atoms with van der Waals surface area (Å²) in [5, 5.41) is 3.15. The maximum atomic E-state index is 12.5. The Morgan fingerprint density at radius 2 is 1.95 bits per heavy atom. The Bertz CT molecular complexity index is 456. The van der Waals surface area contributed by atoms with Crippen molar-refractivity contribution in [1.29, 1.82) is 0 Å². The van der Waals surface area contributed by atoms with Crippen molar-refractivity contribution in [1.82, 2.24) is 10.2 Å². The number of benzene rings is 1. The molecule has 1 saturated heterocycles. The van der Waals surface area contributed by atoms with Crippen molar-refractivity contribution in [2.75, 3.05) is 19.6 Å². The van der Waals surface area contributed by atoms with Gasteiger partial charge in [-0.05, 0) is 17.7 Å². The van der Waals surface area contributed by atoms with Crippen molar-refractivity contribution >= 4 is 5.91 Å². The van der Waals surface area contributed by atoms with Gasteiger partial charge in [0.15, 0.2) is 0 Å². The molecule has 1 fully saturated rings. The highest BCUT2D eigenvalue weighted by Gasteiger charge is 2.31. The Hall–Kier alpha value is -1.56. The van der Waals surface area contributed by atoms with Crippen LogP contribution in [0.2, 0.25) is 0 Å². The lowest BCUT2D eigenvalue weighted by Gasteiger charge is -2.36. The molecule has 0 bridgehead atoms. The second-order valence-electron chi connectivity index (χ2n) is 4.55. The molecule has 104 valence electrons. The molecule has 1 aromatic carbocycles. The molecule has 0 saturated carbocycles. The number of amides is 1. The zero-order chi connectivity index (χ0) is 14.0. The van der Waals surface area contributed by atoms with Gasteiger partial charge in [-0.15, -0.1) is 0 Å². The van der Waals surface area contributed by atoms with E-state index in [1.807, 2.05) is 0 Å². The summed E-state index contributed by atoms with van der Waals surface area (Å²) in [7, 11) is 0. The van der Waals surface area contributed by atoms with Gasteiger partial charge in [0, 0.05) is 26.6 Å². The molecule has 2 rings (SSSR count). The second-order valence-corrected chi connectivity index (χ2v) is 4.55. The number of carbonyl (C=O) groups is 1. The van der Waals surface area contributed by atoms with Crippen molar-refractivity contribution in [2.24, 2.45) is 0 Å². The quantitative estimate of drug-likeness (QED) is 0.850. The molecule has 1 amide bonds. The van der Waals surface area contributed by atoms with E-state index in [1.165, 1.54) is 19.1 Å². The van der Waals surface area contributed by atoms with E-state index in [2.05, 4.69) is 5.32 Å². The number of nitrogens with one attached hydrogen (secondary N) is 1. The summed E-state index contributed by atoms with van der Waals surface area (Å²) in [6.45, 7) is 3.31. The molecule has 0 aromatic heterocycles. The predicted molar refractivity (Wildman–Crippen MR) is 64.4 cm³/mol. The van der Waals surface area contributed by atoms with Crippen LogP contribution in [0.25, 0.3) is 0 Å². The lowest BCUT2D eigenvalue weighted by atomic mass is 10.0.